The number of rotatable bonds is 10. The molecule has 2 aliphatic rings. The Hall–Kier alpha value is -0.850. The molecule has 1 atom stereocenters. The molecule has 1 saturated carbocycles. The third-order valence-corrected chi connectivity index (χ3v) is 5.33. The van der Waals surface area contributed by atoms with Crippen molar-refractivity contribution in [2.45, 2.75) is 65.0 Å². The van der Waals surface area contributed by atoms with Gasteiger partial charge >= 0.3 is 0 Å². The monoisotopic (exact) mass is 368 g/mol. The number of aliphatic imine (C=N–C) groups is 1. The molecule has 2 fully saturated rings. The molecule has 2 rings (SSSR count). The lowest BCUT2D eigenvalue weighted by Gasteiger charge is -2.36. The van der Waals surface area contributed by atoms with Crippen LogP contribution < -0.4 is 10.6 Å². The van der Waals surface area contributed by atoms with Gasteiger partial charge in [0.15, 0.2) is 5.96 Å². The Labute approximate surface area is 160 Å². The Morgan fingerprint density at radius 3 is 2.58 bits per heavy atom. The average Bonchev–Trinajstić information content (AvgIpc) is 3.15. The molecule has 152 valence electrons. The minimum atomic E-state index is 0.472. The minimum absolute atomic E-state index is 0.472. The van der Waals surface area contributed by atoms with Crippen molar-refractivity contribution >= 4 is 5.96 Å². The first-order valence-electron chi connectivity index (χ1n) is 10.7. The van der Waals surface area contributed by atoms with Gasteiger partial charge in [0.25, 0.3) is 0 Å². The molecule has 6 heteroatoms. The van der Waals surface area contributed by atoms with Crippen LogP contribution in [0.2, 0.25) is 0 Å². The normalized spacial score (nSPS) is 21.3. The standard InChI is InChI=1S/C20H40N4O2/c1-4-21-20(22-10-7-13-26-18-8-5-6-9-18)23-16-19(17(2)3)24-11-14-25-15-12-24/h17-19H,4-16H2,1-3H3,(H2,21,22,23). The molecule has 0 bridgehead atoms. The van der Waals surface area contributed by atoms with Crippen molar-refractivity contribution in [1.82, 2.24) is 15.5 Å². The van der Waals surface area contributed by atoms with Gasteiger partial charge in [-0.3, -0.25) is 9.89 Å². The fourth-order valence-electron chi connectivity index (χ4n) is 3.77. The van der Waals surface area contributed by atoms with Crippen molar-refractivity contribution < 1.29 is 9.47 Å². The first-order valence-corrected chi connectivity index (χ1v) is 10.7. The molecule has 0 aromatic carbocycles. The predicted molar refractivity (Wildman–Crippen MR) is 108 cm³/mol. The lowest BCUT2D eigenvalue weighted by atomic mass is 10.0. The number of hydrogen-bond acceptors (Lipinski definition) is 4. The van der Waals surface area contributed by atoms with Crippen LogP contribution in [0.5, 0.6) is 0 Å². The van der Waals surface area contributed by atoms with E-state index >= 15 is 0 Å². The molecular formula is C20H40N4O2. The highest BCUT2D eigenvalue weighted by molar-refractivity contribution is 5.79. The summed E-state index contributed by atoms with van der Waals surface area (Å²) in [6.45, 7) is 13.9. The van der Waals surface area contributed by atoms with Crippen LogP contribution in [-0.2, 0) is 9.47 Å². The molecule has 0 aromatic rings. The highest BCUT2D eigenvalue weighted by Crippen LogP contribution is 2.20. The van der Waals surface area contributed by atoms with Gasteiger partial charge in [-0.1, -0.05) is 26.7 Å². The second-order valence-corrected chi connectivity index (χ2v) is 7.74. The number of morpholine rings is 1. The molecule has 1 aliphatic carbocycles. The van der Waals surface area contributed by atoms with Gasteiger partial charge in [0.2, 0.25) is 0 Å². The van der Waals surface area contributed by atoms with E-state index in [1.807, 2.05) is 0 Å². The van der Waals surface area contributed by atoms with Crippen LogP contribution in [-0.4, -0.2) is 75.5 Å². The van der Waals surface area contributed by atoms with Gasteiger partial charge in [-0.15, -0.1) is 0 Å². The Morgan fingerprint density at radius 2 is 1.92 bits per heavy atom. The molecule has 0 amide bonds. The van der Waals surface area contributed by atoms with Crippen molar-refractivity contribution in [2.75, 3.05) is 52.5 Å². The summed E-state index contributed by atoms with van der Waals surface area (Å²) in [6.07, 6.45) is 6.70. The van der Waals surface area contributed by atoms with E-state index in [0.717, 1.165) is 64.9 Å². The quantitative estimate of drug-likeness (QED) is 0.352. The maximum Gasteiger partial charge on any atom is 0.191 e. The zero-order valence-corrected chi connectivity index (χ0v) is 17.1. The summed E-state index contributed by atoms with van der Waals surface area (Å²) in [7, 11) is 0. The molecule has 1 unspecified atom stereocenters. The molecular weight excluding hydrogens is 328 g/mol. The number of guanidine groups is 1. The second kappa shape index (κ2) is 12.5. The number of hydrogen-bond donors (Lipinski definition) is 2. The maximum absolute atomic E-state index is 5.93. The smallest absolute Gasteiger partial charge is 0.191 e. The largest absolute Gasteiger partial charge is 0.379 e. The van der Waals surface area contributed by atoms with E-state index in [1.54, 1.807) is 0 Å². The summed E-state index contributed by atoms with van der Waals surface area (Å²) in [5.74, 6) is 1.51. The molecule has 6 nitrogen and oxygen atoms in total. The topological polar surface area (TPSA) is 58.1 Å². The number of ether oxygens (including phenoxy) is 2. The van der Waals surface area contributed by atoms with E-state index in [4.69, 9.17) is 14.5 Å². The van der Waals surface area contributed by atoms with Crippen LogP contribution in [0.1, 0.15) is 52.9 Å². The summed E-state index contributed by atoms with van der Waals surface area (Å²) in [4.78, 5) is 7.38. The van der Waals surface area contributed by atoms with Gasteiger partial charge in [-0.25, -0.2) is 0 Å². The van der Waals surface area contributed by atoms with Crippen LogP contribution >= 0.6 is 0 Å². The molecule has 0 aromatic heterocycles. The summed E-state index contributed by atoms with van der Waals surface area (Å²) < 4.78 is 11.4. The van der Waals surface area contributed by atoms with Crippen molar-refractivity contribution in [3.63, 3.8) is 0 Å². The fourth-order valence-corrected chi connectivity index (χ4v) is 3.77. The average molecular weight is 369 g/mol. The Morgan fingerprint density at radius 1 is 1.19 bits per heavy atom. The molecule has 2 N–H and O–H groups in total. The van der Waals surface area contributed by atoms with Crippen LogP contribution in [0, 0.1) is 5.92 Å². The van der Waals surface area contributed by atoms with E-state index in [-0.39, 0.29) is 0 Å². The minimum Gasteiger partial charge on any atom is -0.379 e. The SMILES string of the molecule is CCNC(=NCC(C(C)C)N1CCOCC1)NCCCOC1CCCC1. The van der Waals surface area contributed by atoms with Gasteiger partial charge in [-0.2, -0.15) is 0 Å². The highest BCUT2D eigenvalue weighted by Gasteiger charge is 2.23. The van der Waals surface area contributed by atoms with E-state index in [2.05, 4.69) is 36.3 Å². The summed E-state index contributed by atoms with van der Waals surface area (Å²) >= 11 is 0. The van der Waals surface area contributed by atoms with E-state index in [9.17, 15) is 0 Å². The zero-order valence-electron chi connectivity index (χ0n) is 17.1. The Kier molecular flexibility index (Phi) is 10.3. The molecule has 26 heavy (non-hydrogen) atoms. The zero-order chi connectivity index (χ0) is 18.6. The van der Waals surface area contributed by atoms with Crippen LogP contribution in [0.15, 0.2) is 4.99 Å². The number of nitrogens with zero attached hydrogens (tertiary/aromatic N) is 2. The van der Waals surface area contributed by atoms with Crippen LogP contribution in [0.3, 0.4) is 0 Å². The molecule has 0 spiro atoms. The molecule has 1 saturated heterocycles. The third kappa shape index (κ3) is 7.80. The van der Waals surface area contributed by atoms with Gasteiger partial charge < -0.3 is 20.1 Å². The third-order valence-electron chi connectivity index (χ3n) is 5.33. The Balaban J connectivity index is 1.72. The first kappa shape index (κ1) is 21.5. The second-order valence-electron chi connectivity index (χ2n) is 7.74. The summed E-state index contributed by atoms with van der Waals surface area (Å²) in [6, 6.07) is 0.472. The van der Waals surface area contributed by atoms with Gasteiger partial charge in [0.05, 0.1) is 25.9 Å². The van der Waals surface area contributed by atoms with Gasteiger partial charge in [0, 0.05) is 38.8 Å². The van der Waals surface area contributed by atoms with Crippen molar-refractivity contribution in [3.05, 3.63) is 0 Å². The van der Waals surface area contributed by atoms with Crippen molar-refractivity contribution in [2.24, 2.45) is 10.9 Å². The maximum atomic E-state index is 5.93. The molecule has 0 radical (unpaired) electrons. The first-order chi connectivity index (χ1) is 12.7. The van der Waals surface area contributed by atoms with E-state index in [0.29, 0.717) is 18.1 Å². The van der Waals surface area contributed by atoms with Gasteiger partial charge in [0.1, 0.15) is 0 Å². The fraction of sp³-hybridized carbons (Fsp3) is 0.950. The Bertz CT molecular complexity index is 391. The van der Waals surface area contributed by atoms with E-state index < -0.39 is 0 Å². The van der Waals surface area contributed by atoms with Crippen molar-refractivity contribution in [1.29, 1.82) is 0 Å². The summed E-state index contributed by atoms with van der Waals surface area (Å²) in [5, 5.41) is 6.83. The highest BCUT2D eigenvalue weighted by atomic mass is 16.5. The molecule has 1 heterocycles. The summed E-state index contributed by atoms with van der Waals surface area (Å²) in [5.41, 5.74) is 0. The predicted octanol–water partition coefficient (Wildman–Crippen LogP) is 2.25. The van der Waals surface area contributed by atoms with E-state index in [1.165, 1.54) is 25.7 Å². The van der Waals surface area contributed by atoms with Crippen LogP contribution in [0.4, 0.5) is 0 Å². The lowest BCUT2D eigenvalue weighted by Crippen LogP contribution is -2.48. The van der Waals surface area contributed by atoms with Crippen LogP contribution in [0.25, 0.3) is 0 Å². The van der Waals surface area contributed by atoms with Gasteiger partial charge in [-0.05, 0) is 32.1 Å². The van der Waals surface area contributed by atoms with Crippen molar-refractivity contribution in [3.8, 4) is 0 Å². The lowest BCUT2D eigenvalue weighted by molar-refractivity contribution is 0.00867. The molecule has 1 aliphatic heterocycles. The number of nitrogens with one attached hydrogen (secondary N) is 2.